The highest BCUT2D eigenvalue weighted by molar-refractivity contribution is 6.06. The van der Waals surface area contributed by atoms with Crippen molar-refractivity contribution >= 4 is 34.2 Å². The van der Waals surface area contributed by atoms with Crippen molar-refractivity contribution < 1.29 is 29.0 Å². The average Bonchev–Trinajstić information content (AvgIpc) is 3.38. The van der Waals surface area contributed by atoms with Gasteiger partial charge in [-0.05, 0) is 54.5 Å². The number of fused-ring (bicyclic) bond motifs is 3. The Balaban J connectivity index is 1.53. The summed E-state index contributed by atoms with van der Waals surface area (Å²) in [6.07, 6.45) is 11.3. The Kier molecular flexibility index (Phi) is 7.94. The van der Waals surface area contributed by atoms with Crippen LogP contribution in [0.15, 0.2) is 66.8 Å². The molecule has 2 amide bonds. The van der Waals surface area contributed by atoms with Gasteiger partial charge in [0.1, 0.15) is 23.2 Å². The number of carbonyl (C=O) groups is 3. The van der Waals surface area contributed by atoms with Crippen molar-refractivity contribution in [3.63, 3.8) is 0 Å². The molecular weight excluding hydrogens is 544 g/mol. The number of esters is 1. The van der Waals surface area contributed by atoms with Gasteiger partial charge in [0.15, 0.2) is 0 Å². The molecular formula is C35H42N2O6. The Morgan fingerprint density at radius 2 is 1.77 bits per heavy atom. The fourth-order valence-electron chi connectivity index (χ4n) is 7.73. The number of amides is 2. The Hall–Kier alpha value is -3.49. The quantitative estimate of drug-likeness (QED) is 0.386. The van der Waals surface area contributed by atoms with E-state index in [9.17, 15) is 19.5 Å². The van der Waals surface area contributed by atoms with Crippen LogP contribution < -0.4 is 4.90 Å². The molecule has 0 radical (unpaired) electrons. The van der Waals surface area contributed by atoms with Gasteiger partial charge >= 0.3 is 5.97 Å². The van der Waals surface area contributed by atoms with E-state index >= 15 is 0 Å². The van der Waals surface area contributed by atoms with E-state index in [-0.39, 0.29) is 37.5 Å². The minimum Gasteiger partial charge on any atom is -0.465 e. The number of cyclic esters (lactones) is 1. The number of likely N-dealkylation sites (tertiary alicyclic amines) is 1. The molecule has 6 rings (SSSR count). The van der Waals surface area contributed by atoms with Crippen LogP contribution in [-0.2, 0) is 23.9 Å². The first-order chi connectivity index (χ1) is 20.8. The van der Waals surface area contributed by atoms with Gasteiger partial charge in [0.25, 0.3) is 5.91 Å². The Morgan fingerprint density at radius 1 is 0.977 bits per heavy atom. The molecule has 8 nitrogen and oxygen atoms in total. The second-order valence-corrected chi connectivity index (χ2v) is 12.5. The molecule has 1 N–H and O–H groups in total. The molecule has 4 aliphatic rings. The van der Waals surface area contributed by atoms with Crippen LogP contribution in [0.2, 0.25) is 0 Å². The zero-order chi connectivity index (χ0) is 30.4. The van der Waals surface area contributed by atoms with Crippen molar-refractivity contribution in [3.8, 4) is 0 Å². The highest BCUT2D eigenvalue weighted by Crippen LogP contribution is 2.59. The van der Waals surface area contributed by atoms with E-state index in [4.69, 9.17) is 9.47 Å². The van der Waals surface area contributed by atoms with E-state index in [1.165, 1.54) is 0 Å². The zero-order valence-electron chi connectivity index (χ0n) is 25.3. The first-order valence-electron chi connectivity index (χ1n) is 15.8. The number of benzene rings is 2. The monoisotopic (exact) mass is 586 g/mol. The molecule has 1 spiro atoms. The lowest BCUT2D eigenvalue weighted by Gasteiger charge is -2.42. The summed E-state index contributed by atoms with van der Waals surface area (Å²) in [6.45, 7) is 6.18. The van der Waals surface area contributed by atoms with Gasteiger partial charge in [-0.3, -0.25) is 14.4 Å². The van der Waals surface area contributed by atoms with Crippen LogP contribution in [0.4, 0.5) is 5.69 Å². The molecule has 0 aliphatic carbocycles. The average molecular weight is 587 g/mol. The first-order valence-corrected chi connectivity index (χ1v) is 15.8. The highest BCUT2D eigenvalue weighted by atomic mass is 16.6. The smallest absolute Gasteiger partial charge is 0.313 e. The molecule has 0 aromatic heterocycles. The van der Waals surface area contributed by atoms with E-state index in [0.29, 0.717) is 18.5 Å². The number of ether oxygens (including phenoxy) is 2. The molecule has 0 saturated carbocycles. The lowest BCUT2D eigenvalue weighted by Crippen LogP contribution is -2.60. The fourth-order valence-corrected chi connectivity index (χ4v) is 7.73. The summed E-state index contributed by atoms with van der Waals surface area (Å²) in [5.74, 6) is -3.08. The third kappa shape index (κ3) is 4.61. The van der Waals surface area contributed by atoms with Crippen LogP contribution in [0, 0.1) is 17.8 Å². The minimum absolute atomic E-state index is 0.0918. The van der Waals surface area contributed by atoms with Crippen LogP contribution >= 0.6 is 0 Å². The summed E-state index contributed by atoms with van der Waals surface area (Å²) in [7, 11) is 0. The Morgan fingerprint density at radius 3 is 2.51 bits per heavy atom. The standard InChI is InChI=1S/C35H42N2O6/c1-4-23(3)27(22-38)37-30-32(40)36(26-16-15-24-13-8-9-14-25(24)21-26)19-12-18-35(30)28(31(37)39)29-33(41)42-20-11-7-6-10-17-34(29,5-2)43-35/h8-10,12-18,21,23,27-30,38H,4-7,11,19-20,22H2,1-3H3/b17-10-/t23-,27-,28-,29-,30?,34+,35-/m0/s1. The number of anilines is 1. The zero-order valence-corrected chi connectivity index (χ0v) is 25.3. The number of aliphatic hydroxyl groups is 1. The summed E-state index contributed by atoms with van der Waals surface area (Å²) in [6, 6.07) is 12.2. The Labute approximate surface area is 253 Å². The van der Waals surface area contributed by atoms with E-state index in [1.54, 1.807) is 9.80 Å². The van der Waals surface area contributed by atoms with Crippen LogP contribution in [0.25, 0.3) is 10.8 Å². The number of rotatable bonds is 6. The number of nitrogens with zero attached hydrogens (tertiary/aromatic N) is 2. The van der Waals surface area contributed by atoms with Gasteiger partial charge in [0.2, 0.25) is 5.91 Å². The van der Waals surface area contributed by atoms with Crippen molar-refractivity contribution in [2.24, 2.45) is 17.8 Å². The third-order valence-corrected chi connectivity index (χ3v) is 10.2. The van der Waals surface area contributed by atoms with Crippen molar-refractivity contribution in [1.29, 1.82) is 0 Å². The molecule has 2 fully saturated rings. The number of hydrogen-bond donors (Lipinski definition) is 1. The van der Waals surface area contributed by atoms with Crippen LogP contribution in [0.5, 0.6) is 0 Å². The van der Waals surface area contributed by atoms with Gasteiger partial charge in [0.05, 0.1) is 25.2 Å². The number of aliphatic hydroxyl groups excluding tert-OH is 1. The lowest BCUT2D eigenvalue weighted by molar-refractivity contribution is -0.162. The van der Waals surface area contributed by atoms with E-state index in [2.05, 4.69) is 0 Å². The first kappa shape index (κ1) is 29.6. The summed E-state index contributed by atoms with van der Waals surface area (Å²) < 4.78 is 12.8. The summed E-state index contributed by atoms with van der Waals surface area (Å²) in [5.41, 5.74) is -1.79. The topological polar surface area (TPSA) is 96.4 Å². The molecule has 2 aromatic rings. The van der Waals surface area contributed by atoms with Gasteiger partial charge in [0, 0.05) is 12.2 Å². The van der Waals surface area contributed by atoms with E-state index in [1.807, 2.05) is 87.5 Å². The lowest BCUT2D eigenvalue weighted by atomic mass is 9.73. The molecule has 1 unspecified atom stereocenters. The van der Waals surface area contributed by atoms with E-state index < -0.39 is 41.1 Å². The minimum atomic E-state index is -1.40. The van der Waals surface area contributed by atoms with Crippen molar-refractivity contribution in [2.45, 2.75) is 76.2 Å². The largest absolute Gasteiger partial charge is 0.465 e. The maximum atomic E-state index is 14.9. The Bertz CT molecular complexity index is 1470. The molecule has 4 aliphatic heterocycles. The van der Waals surface area contributed by atoms with Crippen molar-refractivity contribution in [2.75, 3.05) is 24.7 Å². The maximum absolute atomic E-state index is 14.9. The molecule has 43 heavy (non-hydrogen) atoms. The van der Waals surface area contributed by atoms with Crippen LogP contribution in [-0.4, -0.2) is 70.8 Å². The van der Waals surface area contributed by atoms with Crippen molar-refractivity contribution in [3.05, 3.63) is 66.8 Å². The van der Waals surface area contributed by atoms with Crippen LogP contribution in [0.3, 0.4) is 0 Å². The molecule has 8 heteroatoms. The van der Waals surface area contributed by atoms with Gasteiger partial charge in [-0.25, -0.2) is 0 Å². The predicted octanol–water partition coefficient (Wildman–Crippen LogP) is 4.79. The van der Waals surface area contributed by atoms with Crippen LogP contribution in [0.1, 0.15) is 52.9 Å². The van der Waals surface area contributed by atoms with Crippen molar-refractivity contribution in [1.82, 2.24) is 4.90 Å². The molecule has 0 bridgehead atoms. The molecule has 2 saturated heterocycles. The van der Waals surface area contributed by atoms with Gasteiger partial charge in [-0.2, -0.15) is 0 Å². The number of hydrogen-bond acceptors (Lipinski definition) is 6. The number of allylic oxidation sites excluding steroid dienone is 1. The second-order valence-electron chi connectivity index (χ2n) is 12.5. The molecule has 2 aromatic carbocycles. The molecule has 7 atom stereocenters. The summed E-state index contributed by atoms with van der Waals surface area (Å²) in [5, 5.41) is 12.7. The summed E-state index contributed by atoms with van der Waals surface area (Å²) in [4.78, 5) is 46.8. The number of carbonyl (C=O) groups excluding carboxylic acids is 3. The third-order valence-electron chi connectivity index (χ3n) is 10.2. The predicted molar refractivity (Wildman–Crippen MR) is 164 cm³/mol. The van der Waals surface area contributed by atoms with Gasteiger partial charge in [-0.1, -0.05) is 81.8 Å². The SMILES string of the molecule is CC[C@H](C)[C@H](CO)N1C(=O)[C@@H]2[C@H]3C(=O)OCCCC/C=C\[C@@]3(CC)O[C@@]23C=CCN(c2ccc4ccccc4c2)C(=O)C13. The molecule has 228 valence electrons. The van der Waals surface area contributed by atoms with E-state index in [0.717, 1.165) is 30.0 Å². The summed E-state index contributed by atoms with van der Waals surface area (Å²) >= 11 is 0. The van der Waals surface area contributed by atoms with Gasteiger partial charge < -0.3 is 24.4 Å². The molecule has 4 heterocycles. The maximum Gasteiger partial charge on any atom is 0.313 e. The second kappa shape index (κ2) is 11.5. The highest BCUT2D eigenvalue weighted by Gasteiger charge is 2.76. The van der Waals surface area contributed by atoms with Gasteiger partial charge in [-0.15, -0.1) is 0 Å². The normalized spacial score (nSPS) is 32.9. The fraction of sp³-hybridized carbons (Fsp3) is 0.514.